The zero-order valence-electron chi connectivity index (χ0n) is 8.96. The van der Waals surface area contributed by atoms with Crippen molar-refractivity contribution in [2.75, 3.05) is 19.8 Å². The van der Waals surface area contributed by atoms with Crippen molar-refractivity contribution in [2.24, 2.45) is 0 Å². The fraction of sp³-hybridized carbons (Fsp3) is 0.545. The number of aromatic nitrogens is 1. The molecule has 1 aromatic heterocycles. The molecule has 0 aliphatic heterocycles. The Morgan fingerprint density at radius 2 is 2.14 bits per heavy atom. The van der Waals surface area contributed by atoms with E-state index in [-0.39, 0.29) is 0 Å². The van der Waals surface area contributed by atoms with Crippen LogP contribution in [-0.2, 0) is 4.74 Å². The van der Waals surface area contributed by atoms with E-state index in [1.54, 1.807) is 6.20 Å². The molecule has 0 aromatic carbocycles. The van der Waals surface area contributed by atoms with Crippen molar-refractivity contribution in [3.8, 4) is 5.75 Å². The smallest absolute Gasteiger partial charge is 0.129 e. The number of hydrogen-bond donors (Lipinski definition) is 0. The summed E-state index contributed by atoms with van der Waals surface area (Å²) in [5.74, 6) is 0.875. The van der Waals surface area contributed by atoms with Gasteiger partial charge in [0, 0.05) is 23.9 Å². The molecule has 0 unspecified atom stereocenters. The summed E-state index contributed by atoms with van der Waals surface area (Å²) < 4.78 is 10.8. The summed E-state index contributed by atoms with van der Waals surface area (Å²) in [4.78, 5) is 3.95. The molecule has 0 aliphatic rings. The van der Waals surface area contributed by atoms with Gasteiger partial charge in [-0.1, -0.05) is 0 Å². The fourth-order valence-corrected chi connectivity index (χ4v) is 1.20. The van der Waals surface area contributed by atoms with Crippen molar-refractivity contribution < 1.29 is 9.47 Å². The van der Waals surface area contributed by atoms with Crippen molar-refractivity contribution in [3.05, 3.63) is 23.5 Å². The molecule has 0 fully saturated rings. The molecule has 77 valence electrons. The standard InChI is InChI=1S/C11H16NO2/c1-4-13-5-6-14-11-9(2)7-12-8-10(11)3/h7H,4-6H2,1-3H3. The largest absolute Gasteiger partial charge is 0.490 e. The fourth-order valence-electron chi connectivity index (χ4n) is 1.20. The molecule has 1 aromatic rings. The average molecular weight is 194 g/mol. The van der Waals surface area contributed by atoms with Gasteiger partial charge in [-0.25, -0.2) is 0 Å². The van der Waals surface area contributed by atoms with Crippen molar-refractivity contribution in [2.45, 2.75) is 20.8 Å². The monoisotopic (exact) mass is 194 g/mol. The van der Waals surface area contributed by atoms with Crippen molar-refractivity contribution in [1.82, 2.24) is 4.98 Å². The summed E-state index contributed by atoms with van der Waals surface area (Å²) in [6.45, 7) is 7.81. The number of aryl methyl sites for hydroxylation is 2. The van der Waals surface area contributed by atoms with Gasteiger partial charge in [0.1, 0.15) is 12.4 Å². The summed E-state index contributed by atoms with van der Waals surface area (Å²) in [6.07, 6.45) is 4.62. The molecule has 0 saturated carbocycles. The van der Waals surface area contributed by atoms with Crippen molar-refractivity contribution >= 4 is 0 Å². The first kappa shape index (κ1) is 11.0. The van der Waals surface area contributed by atoms with E-state index in [1.807, 2.05) is 20.8 Å². The van der Waals surface area contributed by atoms with E-state index < -0.39 is 0 Å². The topological polar surface area (TPSA) is 31.4 Å². The van der Waals surface area contributed by atoms with Crippen LogP contribution in [0.4, 0.5) is 0 Å². The summed E-state index contributed by atoms with van der Waals surface area (Å²) in [5.41, 5.74) is 1.99. The van der Waals surface area contributed by atoms with Crippen molar-refractivity contribution in [1.29, 1.82) is 0 Å². The Hall–Kier alpha value is -1.09. The van der Waals surface area contributed by atoms with Gasteiger partial charge in [-0.15, -0.1) is 0 Å². The first-order chi connectivity index (χ1) is 6.75. The molecular weight excluding hydrogens is 178 g/mol. The zero-order valence-corrected chi connectivity index (χ0v) is 8.96. The molecule has 0 amide bonds. The van der Waals surface area contributed by atoms with Gasteiger partial charge in [0.25, 0.3) is 0 Å². The Morgan fingerprint density at radius 3 is 2.79 bits per heavy atom. The Bertz CT molecular complexity index is 266. The predicted octanol–water partition coefficient (Wildman–Crippen LogP) is 1.91. The second-order valence-corrected chi connectivity index (χ2v) is 3.05. The molecule has 3 nitrogen and oxygen atoms in total. The number of ether oxygens (including phenoxy) is 2. The molecule has 0 bridgehead atoms. The van der Waals surface area contributed by atoms with Gasteiger partial charge in [0.2, 0.25) is 0 Å². The first-order valence-electron chi connectivity index (χ1n) is 4.80. The number of nitrogens with zero attached hydrogens (tertiary/aromatic N) is 1. The number of rotatable bonds is 5. The second kappa shape index (κ2) is 5.60. The Balaban J connectivity index is 2.49. The Kier molecular flexibility index (Phi) is 4.40. The molecule has 1 heterocycles. The van der Waals surface area contributed by atoms with Crippen LogP contribution in [0.15, 0.2) is 6.20 Å². The lowest BCUT2D eigenvalue weighted by atomic mass is 10.2. The van der Waals surface area contributed by atoms with Crippen molar-refractivity contribution in [3.63, 3.8) is 0 Å². The van der Waals surface area contributed by atoms with Crippen LogP contribution in [0.1, 0.15) is 18.1 Å². The number of pyridine rings is 1. The van der Waals surface area contributed by atoms with E-state index in [0.717, 1.165) is 23.5 Å². The van der Waals surface area contributed by atoms with Crippen LogP contribution < -0.4 is 4.74 Å². The van der Waals surface area contributed by atoms with E-state index >= 15 is 0 Å². The zero-order chi connectivity index (χ0) is 10.4. The molecule has 0 spiro atoms. The minimum absolute atomic E-state index is 0.577. The molecule has 3 heteroatoms. The first-order valence-corrected chi connectivity index (χ1v) is 4.80. The number of hydrogen-bond acceptors (Lipinski definition) is 3. The van der Waals surface area contributed by atoms with Gasteiger partial charge in [0.05, 0.1) is 12.8 Å². The minimum Gasteiger partial charge on any atom is -0.490 e. The molecule has 0 N–H and O–H groups in total. The Labute approximate surface area is 85.1 Å². The molecule has 0 atom stereocenters. The maximum atomic E-state index is 5.57. The minimum atomic E-state index is 0.577. The van der Waals surface area contributed by atoms with Crippen LogP contribution >= 0.6 is 0 Å². The van der Waals surface area contributed by atoms with Crippen LogP contribution in [0.5, 0.6) is 5.75 Å². The summed E-state index contributed by atoms with van der Waals surface area (Å²) in [6, 6.07) is 0. The highest BCUT2D eigenvalue weighted by Crippen LogP contribution is 2.20. The van der Waals surface area contributed by atoms with Gasteiger partial charge in [0.15, 0.2) is 0 Å². The molecule has 0 saturated heterocycles. The van der Waals surface area contributed by atoms with Gasteiger partial charge in [-0.2, -0.15) is 0 Å². The molecule has 1 radical (unpaired) electrons. The van der Waals surface area contributed by atoms with Gasteiger partial charge < -0.3 is 9.47 Å². The summed E-state index contributed by atoms with van der Waals surface area (Å²) in [5, 5.41) is 0. The average Bonchev–Trinajstić information content (AvgIpc) is 2.16. The van der Waals surface area contributed by atoms with E-state index in [4.69, 9.17) is 9.47 Å². The highest BCUT2D eigenvalue weighted by Gasteiger charge is 2.03. The summed E-state index contributed by atoms with van der Waals surface area (Å²) in [7, 11) is 0. The lowest BCUT2D eigenvalue weighted by molar-refractivity contribution is 0.109. The predicted molar refractivity (Wildman–Crippen MR) is 54.5 cm³/mol. The van der Waals surface area contributed by atoms with Crippen LogP contribution in [0.25, 0.3) is 0 Å². The highest BCUT2D eigenvalue weighted by atomic mass is 16.5. The van der Waals surface area contributed by atoms with E-state index in [2.05, 4.69) is 11.2 Å². The lowest BCUT2D eigenvalue weighted by Crippen LogP contribution is -2.08. The van der Waals surface area contributed by atoms with Gasteiger partial charge in [-0.3, -0.25) is 4.98 Å². The quantitative estimate of drug-likeness (QED) is 0.671. The SMILES string of the molecule is CCOCCOc1c(C)[c]ncc1C. The third-order valence-electron chi connectivity index (χ3n) is 1.87. The summed E-state index contributed by atoms with van der Waals surface area (Å²) >= 11 is 0. The normalized spacial score (nSPS) is 10.2. The molecule has 14 heavy (non-hydrogen) atoms. The highest BCUT2D eigenvalue weighted by molar-refractivity contribution is 5.35. The van der Waals surface area contributed by atoms with E-state index in [9.17, 15) is 0 Å². The maximum Gasteiger partial charge on any atom is 0.129 e. The second-order valence-electron chi connectivity index (χ2n) is 3.05. The molecular formula is C11H16NO2. The Morgan fingerprint density at radius 1 is 1.36 bits per heavy atom. The van der Waals surface area contributed by atoms with E-state index in [1.165, 1.54) is 0 Å². The van der Waals surface area contributed by atoms with Crippen LogP contribution in [0.2, 0.25) is 0 Å². The van der Waals surface area contributed by atoms with Crippen LogP contribution in [-0.4, -0.2) is 24.8 Å². The van der Waals surface area contributed by atoms with Gasteiger partial charge in [-0.05, 0) is 20.8 Å². The van der Waals surface area contributed by atoms with E-state index in [0.29, 0.717) is 13.2 Å². The molecule has 1 rings (SSSR count). The van der Waals surface area contributed by atoms with Crippen LogP contribution in [0, 0.1) is 20.0 Å². The molecule has 0 aliphatic carbocycles. The van der Waals surface area contributed by atoms with Gasteiger partial charge >= 0.3 is 0 Å². The maximum absolute atomic E-state index is 5.57. The van der Waals surface area contributed by atoms with Crippen LogP contribution in [0.3, 0.4) is 0 Å². The third kappa shape index (κ3) is 3.00. The third-order valence-corrected chi connectivity index (χ3v) is 1.87. The lowest BCUT2D eigenvalue weighted by Gasteiger charge is -2.10.